The van der Waals surface area contributed by atoms with Crippen LogP contribution in [0.15, 0.2) is 0 Å². The molecule has 7 heteroatoms. The Morgan fingerprint density at radius 1 is 0.909 bits per heavy atom. The molecule has 0 aromatic rings. The Kier molecular flexibility index (Phi) is 87.3. The average molecular weight is 213 g/mol. The average Bonchev–Trinajstić information content (AvgIpc) is 1.69. The van der Waals surface area contributed by atoms with E-state index >= 15 is 0 Å². The van der Waals surface area contributed by atoms with Crippen molar-refractivity contribution in [1.82, 2.24) is 11.5 Å². The first kappa shape index (κ1) is 30.2. The first-order chi connectivity index (χ1) is 3.41. The zero-order valence-corrected chi connectivity index (χ0v) is 7.94. The summed E-state index contributed by atoms with van der Waals surface area (Å²) in [4.78, 5) is 0. The van der Waals surface area contributed by atoms with Crippen LogP contribution in [-0.4, -0.2) is 37.1 Å². The quantitative estimate of drug-likeness (QED) is 0.293. The summed E-state index contributed by atoms with van der Waals surface area (Å²) in [6.07, 6.45) is 0. The molecule has 0 amide bonds. The van der Waals surface area contributed by atoms with Gasteiger partial charge < -0.3 is 33.9 Å². The van der Waals surface area contributed by atoms with E-state index in [4.69, 9.17) is 11.5 Å². The summed E-state index contributed by atoms with van der Waals surface area (Å²) in [7, 11) is 0. The van der Waals surface area contributed by atoms with E-state index in [2.05, 4.69) is 5.32 Å². The molecule has 0 fully saturated rings. The minimum Gasteiger partial charge on any atom is -0.412 e. The Morgan fingerprint density at radius 3 is 1.36 bits per heavy atom. The van der Waals surface area contributed by atoms with Gasteiger partial charge in [-0.2, -0.15) is 0 Å². The molecule has 0 aliphatic carbocycles. The molecule has 1 radical (unpaired) electrons. The molecule has 0 spiro atoms. The summed E-state index contributed by atoms with van der Waals surface area (Å²) >= 11 is 0. The summed E-state index contributed by atoms with van der Waals surface area (Å²) in [6, 6.07) is 0. The third-order valence-electron chi connectivity index (χ3n) is 0.642. The van der Waals surface area contributed by atoms with Crippen LogP contribution in [0.2, 0.25) is 0 Å². The van der Waals surface area contributed by atoms with Gasteiger partial charge in [0.25, 0.3) is 0 Å². The zero-order valence-electron chi connectivity index (χ0n) is 6.84. The maximum absolute atomic E-state index is 5.17. The number of nitrogens with two attached hydrogens (primary N) is 2. The molecule has 6 nitrogen and oxygen atoms in total. The van der Waals surface area contributed by atoms with Crippen molar-refractivity contribution in [2.75, 3.05) is 26.2 Å². The fraction of sp³-hybridized carbons (Fsp3) is 1.00. The molecule has 73 valence electrons. The smallest absolute Gasteiger partial charge is 0.412 e. The van der Waals surface area contributed by atoms with Gasteiger partial charge in [0, 0.05) is 26.2 Å². The number of hydrogen-bond acceptors (Lipinski definition) is 3. The van der Waals surface area contributed by atoms with Gasteiger partial charge in [-0.15, -0.1) is 0 Å². The van der Waals surface area contributed by atoms with Crippen LogP contribution in [0.1, 0.15) is 0 Å². The van der Waals surface area contributed by atoms with Crippen molar-refractivity contribution < 1.29 is 28.0 Å². The van der Waals surface area contributed by atoms with Crippen LogP contribution in [0.5, 0.6) is 0 Å². The molecule has 0 heterocycles. The molecule has 0 bridgehead atoms. The van der Waals surface area contributed by atoms with Gasteiger partial charge >= 0.3 is 17.1 Å². The molecular formula is C4H21FeN4O2+4. The van der Waals surface area contributed by atoms with Crippen molar-refractivity contribution >= 4 is 0 Å². The van der Waals surface area contributed by atoms with E-state index in [0.29, 0.717) is 13.1 Å². The summed E-state index contributed by atoms with van der Waals surface area (Å²) in [5, 5.41) is 3.03. The Morgan fingerprint density at radius 2 is 1.18 bits per heavy atom. The zero-order chi connectivity index (χ0) is 5.54. The maximum Gasteiger partial charge on any atom is 3.00 e. The molecule has 11 heavy (non-hydrogen) atoms. The van der Waals surface area contributed by atoms with Gasteiger partial charge in [0.1, 0.15) is 0 Å². The van der Waals surface area contributed by atoms with Crippen molar-refractivity contribution in [1.29, 1.82) is 0 Å². The van der Waals surface area contributed by atoms with Crippen molar-refractivity contribution in [3.8, 4) is 0 Å². The van der Waals surface area contributed by atoms with Crippen molar-refractivity contribution in [3.63, 3.8) is 0 Å². The van der Waals surface area contributed by atoms with Crippen LogP contribution >= 0.6 is 0 Å². The van der Waals surface area contributed by atoms with Crippen LogP contribution in [-0.2, 0) is 17.1 Å². The van der Waals surface area contributed by atoms with Gasteiger partial charge in [0.2, 0.25) is 0 Å². The number of quaternary nitrogens is 1. The predicted molar refractivity (Wildman–Crippen MR) is 44.2 cm³/mol. The van der Waals surface area contributed by atoms with Gasteiger partial charge in [0.15, 0.2) is 0 Å². The topological polar surface area (TPSA) is 164 Å². The van der Waals surface area contributed by atoms with E-state index in [1.54, 1.807) is 0 Å². The Labute approximate surface area is 77.8 Å². The molecule has 0 aliphatic heterocycles. The monoisotopic (exact) mass is 213 g/mol. The van der Waals surface area contributed by atoms with E-state index in [9.17, 15) is 0 Å². The van der Waals surface area contributed by atoms with Crippen LogP contribution in [0.4, 0.5) is 0 Å². The fourth-order valence-electron chi connectivity index (χ4n) is 0.329. The summed E-state index contributed by atoms with van der Waals surface area (Å²) in [5.74, 6) is 0. The number of rotatable bonds is 4. The van der Waals surface area contributed by atoms with E-state index in [-0.39, 0.29) is 34.2 Å². The number of nitrogens with one attached hydrogen (secondary N) is 1. The normalized spacial score (nSPS) is 6.00. The first-order valence-corrected chi connectivity index (χ1v) is 2.52. The van der Waals surface area contributed by atoms with Crippen molar-refractivity contribution in [2.45, 2.75) is 0 Å². The molecule has 0 saturated carbocycles. The van der Waals surface area contributed by atoms with E-state index < -0.39 is 0 Å². The standard InChI is InChI=1S/C4H13N3.Fe.H3N.2H2O/c5-1-3-7-4-2-6;;;;/h7H,1-6H2;;1H3;2*1H2/q;+3;;;/p+1. The van der Waals surface area contributed by atoms with Gasteiger partial charge in [-0.05, 0) is 0 Å². The second-order valence-corrected chi connectivity index (χ2v) is 1.33. The van der Waals surface area contributed by atoms with Crippen LogP contribution < -0.4 is 22.9 Å². The molecule has 0 atom stereocenters. The third kappa shape index (κ3) is 38.5. The molecule has 0 unspecified atom stereocenters. The van der Waals surface area contributed by atoms with Crippen LogP contribution in [0, 0.1) is 0 Å². The molecule has 0 saturated heterocycles. The fourth-order valence-corrected chi connectivity index (χ4v) is 0.329. The Balaban J connectivity index is -0.0000000300. The van der Waals surface area contributed by atoms with Crippen LogP contribution in [0.3, 0.4) is 0 Å². The molecule has 0 rings (SSSR count). The molecule has 0 aliphatic rings. The summed E-state index contributed by atoms with van der Waals surface area (Å²) in [5.41, 5.74) is 10.3. The predicted octanol–water partition coefficient (Wildman–Crippen LogP) is -2.78. The molecular weight excluding hydrogens is 192 g/mol. The number of hydrogen-bond donors (Lipinski definition) is 4. The summed E-state index contributed by atoms with van der Waals surface area (Å²) in [6.45, 7) is 3.13. The van der Waals surface area contributed by atoms with Gasteiger partial charge in [-0.1, -0.05) is 0 Å². The first-order valence-electron chi connectivity index (χ1n) is 2.52. The van der Waals surface area contributed by atoms with Crippen molar-refractivity contribution in [3.05, 3.63) is 0 Å². The van der Waals surface area contributed by atoms with Gasteiger partial charge in [0.05, 0.1) is 0 Å². The minimum atomic E-state index is 0. The largest absolute Gasteiger partial charge is 3.00 e. The molecule has 0 aromatic heterocycles. The molecule has 0 aromatic carbocycles. The Hall–Kier alpha value is 0.279. The van der Waals surface area contributed by atoms with Gasteiger partial charge in [-0.25, -0.2) is 0 Å². The molecule has 13 N–H and O–H groups in total. The van der Waals surface area contributed by atoms with E-state index in [0.717, 1.165) is 13.1 Å². The second kappa shape index (κ2) is 31.8. The summed E-state index contributed by atoms with van der Waals surface area (Å²) < 4.78 is 0. The maximum atomic E-state index is 5.17. The second-order valence-electron chi connectivity index (χ2n) is 1.33. The third-order valence-corrected chi connectivity index (χ3v) is 0.642. The van der Waals surface area contributed by atoms with Gasteiger partial charge in [-0.3, -0.25) is 0 Å². The van der Waals surface area contributed by atoms with Crippen molar-refractivity contribution in [2.24, 2.45) is 11.5 Å². The minimum absolute atomic E-state index is 0. The Bertz CT molecular complexity index is 39.3. The van der Waals surface area contributed by atoms with Crippen LogP contribution in [0.25, 0.3) is 0 Å². The van der Waals surface area contributed by atoms with E-state index in [1.165, 1.54) is 0 Å². The van der Waals surface area contributed by atoms with E-state index in [1.807, 2.05) is 0 Å². The SMILES string of the molecule is NCCNCCN.O.O.[Fe+3].[NH4+].